The summed E-state index contributed by atoms with van der Waals surface area (Å²) in [6.45, 7) is 0. The summed E-state index contributed by atoms with van der Waals surface area (Å²) in [5, 5.41) is 7.34. The van der Waals surface area contributed by atoms with Gasteiger partial charge in [-0.2, -0.15) is 0 Å². The smallest absolute Gasteiger partial charge is 0.0546 e. The van der Waals surface area contributed by atoms with Gasteiger partial charge in [-0.3, -0.25) is 0 Å². The van der Waals surface area contributed by atoms with Crippen molar-refractivity contribution in [3.8, 4) is 50.2 Å². The molecule has 11 aromatic carbocycles. The molecule has 0 aliphatic heterocycles. The molecule has 0 fully saturated rings. The van der Waals surface area contributed by atoms with Gasteiger partial charge in [-0.1, -0.05) is 188 Å². The van der Waals surface area contributed by atoms with Crippen LogP contribution in [-0.2, 0) is 0 Å². The number of para-hydroxylation sites is 3. The molecule has 0 aliphatic rings. The van der Waals surface area contributed by atoms with E-state index in [9.17, 15) is 0 Å². The van der Waals surface area contributed by atoms with E-state index in [0.717, 1.165) is 22.7 Å². The molecule has 1 heterocycles. The van der Waals surface area contributed by atoms with E-state index >= 15 is 0 Å². The van der Waals surface area contributed by atoms with Crippen molar-refractivity contribution in [1.82, 2.24) is 4.57 Å². The fourth-order valence-corrected chi connectivity index (χ4v) is 9.93. The summed E-state index contributed by atoms with van der Waals surface area (Å²) >= 11 is 0. The molecular formula is C62H42N2. The minimum atomic E-state index is 1.08. The van der Waals surface area contributed by atoms with Crippen molar-refractivity contribution >= 4 is 60.4 Å². The fraction of sp³-hybridized carbons (Fsp3) is 0. The van der Waals surface area contributed by atoms with Crippen LogP contribution < -0.4 is 4.90 Å². The van der Waals surface area contributed by atoms with Crippen LogP contribution in [0.25, 0.3) is 93.5 Å². The standard InChI is InChI=1S/C62H42N2/c1-4-19-43(20-5-1)45-23-16-25-47(41-45)60-54-31-10-11-32-55(54)61(48-26-17-24-46(42-48)44-21-6-2-7-22-44)62-56(60)33-18-36-59(62)63(49-27-8-3-9-28-49)50-37-39-51(40-38-50)64-57-34-14-12-29-52(57)53-30-13-15-35-58(53)64/h1-42H. The molecule has 0 N–H and O–H groups in total. The second kappa shape index (κ2) is 15.8. The fourth-order valence-electron chi connectivity index (χ4n) is 9.93. The summed E-state index contributed by atoms with van der Waals surface area (Å²) in [5.74, 6) is 0. The lowest BCUT2D eigenvalue weighted by Gasteiger charge is -2.29. The molecule has 300 valence electrons. The summed E-state index contributed by atoms with van der Waals surface area (Å²) in [4.78, 5) is 2.45. The highest BCUT2D eigenvalue weighted by atomic mass is 15.1. The summed E-state index contributed by atoms with van der Waals surface area (Å²) in [6.07, 6.45) is 0. The zero-order chi connectivity index (χ0) is 42.4. The third-order valence-electron chi connectivity index (χ3n) is 12.7. The van der Waals surface area contributed by atoms with Crippen LogP contribution in [0, 0.1) is 0 Å². The largest absolute Gasteiger partial charge is 0.310 e. The highest BCUT2D eigenvalue weighted by molar-refractivity contribution is 6.25. The molecule has 0 atom stereocenters. The van der Waals surface area contributed by atoms with E-state index in [1.54, 1.807) is 0 Å². The van der Waals surface area contributed by atoms with Gasteiger partial charge >= 0.3 is 0 Å². The van der Waals surface area contributed by atoms with E-state index < -0.39 is 0 Å². The van der Waals surface area contributed by atoms with Crippen LogP contribution in [-0.4, -0.2) is 4.57 Å². The topological polar surface area (TPSA) is 8.17 Å². The Morgan fingerprint density at radius 2 is 0.672 bits per heavy atom. The van der Waals surface area contributed by atoms with Crippen molar-refractivity contribution in [2.75, 3.05) is 4.90 Å². The SMILES string of the molecule is c1ccc(-c2cccc(-c3c4ccccc4c(-c4cccc(-c5ccccc5)c4)c4c(N(c5ccccc5)c5ccc(-n6c7ccccc7c7ccccc76)cc5)cccc34)c2)cc1. The average molecular weight is 815 g/mol. The van der Waals surface area contributed by atoms with Gasteiger partial charge in [0.15, 0.2) is 0 Å². The van der Waals surface area contributed by atoms with Gasteiger partial charge in [-0.25, -0.2) is 0 Å². The van der Waals surface area contributed by atoms with Crippen molar-refractivity contribution in [1.29, 1.82) is 0 Å². The lowest BCUT2D eigenvalue weighted by molar-refractivity contribution is 1.17. The minimum absolute atomic E-state index is 1.08. The number of benzene rings is 11. The first-order chi connectivity index (χ1) is 31.8. The number of nitrogens with zero attached hydrogens (tertiary/aromatic N) is 2. The second-order valence-corrected chi connectivity index (χ2v) is 16.4. The van der Waals surface area contributed by atoms with Crippen molar-refractivity contribution in [2.45, 2.75) is 0 Å². The van der Waals surface area contributed by atoms with Crippen LogP contribution in [0.15, 0.2) is 255 Å². The van der Waals surface area contributed by atoms with Gasteiger partial charge in [0.2, 0.25) is 0 Å². The Balaban J connectivity index is 1.14. The summed E-state index contributed by atoms with van der Waals surface area (Å²) < 4.78 is 2.39. The van der Waals surface area contributed by atoms with Gasteiger partial charge < -0.3 is 9.47 Å². The number of hydrogen-bond donors (Lipinski definition) is 0. The molecular weight excluding hydrogens is 773 g/mol. The first-order valence-corrected chi connectivity index (χ1v) is 22.0. The van der Waals surface area contributed by atoms with Gasteiger partial charge in [0.25, 0.3) is 0 Å². The van der Waals surface area contributed by atoms with Gasteiger partial charge in [-0.05, 0) is 127 Å². The molecule has 0 bridgehead atoms. The van der Waals surface area contributed by atoms with Crippen molar-refractivity contribution in [3.05, 3.63) is 255 Å². The maximum absolute atomic E-state index is 2.45. The van der Waals surface area contributed by atoms with Gasteiger partial charge in [-0.15, -0.1) is 0 Å². The Kier molecular flexibility index (Phi) is 9.20. The molecule has 64 heavy (non-hydrogen) atoms. The highest BCUT2D eigenvalue weighted by Gasteiger charge is 2.24. The Morgan fingerprint density at radius 1 is 0.266 bits per heavy atom. The second-order valence-electron chi connectivity index (χ2n) is 16.4. The molecule has 0 saturated heterocycles. The maximum atomic E-state index is 2.45. The third-order valence-corrected chi connectivity index (χ3v) is 12.7. The van der Waals surface area contributed by atoms with Crippen LogP contribution in [0.4, 0.5) is 17.1 Å². The number of fused-ring (bicyclic) bond motifs is 5. The number of anilines is 3. The molecule has 0 aliphatic carbocycles. The average Bonchev–Trinajstić information content (AvgIpc) is 3.71. The van der Waals surface area contributed by atoms with E-state index in [1.807, 2.05) is 0 Å². The number of hydrogen-bond acceptors (Lipinski definition) is 1. The van der Waals surface area contributed by atoms with Crippen LogP contribution in [0.2, 0.25) is 0 Å². The Morgan fingerprint density at radius 3 is 1.25 bits per heavy atom. The monoisotopic (exact) mass is 814 g/mol. The Hall–Kier alpha value is -8.46. The van der Waals surface area contributed by atoms with Crippen molar-refractivity contribution in [3.63, 3.8) is 0 Å². The van der Waals surface area contributed by atoms with Crippen molar-refractivity contribution < 1.29 is 0 Å². The summed E-state index contributed by atoms with van der Waals surface area (Å²) in [6, 6.07) is 92.8. The third kappa shape index (κ3) is 6.35. The molecule has 0 amide bonds. The minimum Gasteiger partial charge on any atom is -0.310 e. The van der Waals surface area contributed by atoms with E-state index in [0.29, 0.717) is 0 Å². The van der Waals surface area contributed by atoms with Gasteiger partial charge in [0.1, 0.15) is 0 Å². The van der Waals surface area contributed by atoms with E-state index in [-0.39, 0.29) is 0 Å². The van der Waals surface area contributed by atoms with E-state index in [2.05, 4.69) is 264 Å². The molecule has 2 heteroatoms. The highest BCUT2D eigenvalue weighted by Crippen LogP contribution is 2.50. The lowest BCUT2D eigenvalue weighted by atomic mass is 9.84. The number of aromatic nitrogens is 1. The molecule has 12 rings (SSSR count). The van der Waals surface area contributed by atoms with Gasteiger partial charge in [0, 0.05) is 33.2 Å². The first-order valence-electron chi connectivity index (χ1n) is 22.0. The molecule has 0 spiro atoms. The Bertz CT molecular complexity index is 3590. The Labute approximate surface area is 373 Å². The zero-order valence-electron chi connectivity index (χ0n) is 35.1. The molecule has 12 aromatic rings. The molecule has 0 unspecified atom stereocenters. The van der Waals surface area contributed by atoms with E-state index in [1.165, 1.54) is 87.9 Å². The van der Waals surface area contributed by atoms with E-state index in [4.69, 9.17) is 0 Å². The van der Waals surface area contributed by atoms with Gasteiger partial charge in [0.05, 0.1) is 16.7 Å². The summed E-state index contributed by atoms with van der Waals surface area (Å²) in [5.41, 5.74) is 16.4. The summed E-state index contributed by atoms with van der Waals surface area (Å²) in [7, 11) is 0. The van der Waals surface area contributed by atoms with Crippen LogP contribution in [0.5, 0.6) is 0 Å². The predicted molar refractivity (Wildman–Crippen MR) is 272 cm³/mol. The normalized spacial score (nSPS) is 11.4. The van der Waals surface area contributed by atoms with Crippen LogP contribution in [0.1, 0.15) is 0 Å². The lowest BCUT2D eigenvalue weighted by Crippen LogP contribution is -2.11. The van der Waals surface area contributed by atoms with Crippen LogP contribution in [0.3, 0.4) is 0 Å². The molecule has 0 saturated carbocycles. The molecule has 0 radical (unpaired) electrons. The maximum Gasteiger partial charge on any atom is 0.0546 e. The van der Waals surface area contributed by atoms with Crippen molar-refractivity contribution in [2.24, 2.45) is 0 Å². The van der Waals surface area contributed by atoms with Crippen LogP contribution >= 0.6 is 0 Å². The molecule has 2 nitrogen and oxygen atoms in total. The quantitative estimate of drug-likeness (QED) is 0.139. The number of rotatable bonds is 8. The predicted octanol–water partition coefficient (Wildman–Crippen LogP) is 17.2. The molecule has 1 aromatic heterocycles. The first kappa shape index (κ1) is 37.3. The zero-order valence-corrected chi connectivity index (χ0v) is 35.1.